The van der Waals surface area contributed by atoms with Crippen LogP contribution in [-0.4, -0.2) is 21.9 Å². The Hall–Kier alpha value is -2.51. The van der Waals surface area contributed by atoms with E-state index in [2.05, 4.69) is 5.32 Å². The second-order valence-electron chi connectivity index (χ2n) is 5.52. The number of carbonyl (C=O) groups excluding carboxylic acids is 1. The summed E-state index contributed by atoms with van der Waals surface area (Å²) in [6.45, 7) is 3.24. The van der Waals surface area contributed by atoms with Crippen LogP contribution in [0.2, 0.25) is 0 Å². The number of aliphatic carboxylic acids is 1. The van der Waals surface area contributed by atoms with Crippen molar-refractivity contribution in [2.24, 2.45) is 17.3 Å². The van der Waals surface area contributed by atoms with Crippen molar-refractivity contribution in [3.05, 3.63) is 34.1 Å². The zero-order valence-electron chi connectivity index (χ0n) is 11.3. The van der Waals surface area contributed by atoms with Crippen LogP contribution in [0.1, 0.15) is 13.8 Å². The lowest BCUT2D eigenvalue weighted by Crippen LogP contribution is -2.18. The Kier molecular flexibility index (Phi) is 3.40. The van der Waals surface area contributed by atoms with Gasteiger partial charge in [0.15, 0.2) is 0 Å². The van der Waals surface area contributed by atoms with Crippen molar-refractivity contribution in [2.75, 3.05) is 5.32 Å². The Bertz CT molecular complexity index is 643. The van der Waals surface area contributed by atoms with E-state index in [1.807, 2.05) is 0 Å². The van der Waals surface area contributed by atoms with Gasteiger partial charge in [0, 0.05) is 12.1 Å². The molecule has 2 atom stereocenters. The number of rotatable bonds is 4. The van der Waals surface area contributed by atoms with E-state index in [0.29, 0.717) is 0 Å². The molecular formula is C13H13FN2O5. The van der Waals surface area contributed by atoms with Crippen LogP contribution in [0.4, 0.5) is 15.8 Å². The third-order valence-electron chi connectivity index (χ3n) is 3.79. The fraction of sp³-hybridized carbons (Fsp3) is 0.385. The van der Waals surface area contributed by atoms with Gasteiger partial charge in [-0.05, 0) is 11.5 Å². The molecule has 2 N–H and O–H groups in total. The molecule has 7 nitrogen and oxygen atoms in total. The van der Waals surface area contributed by atoms with Gasteiger partial charge in [-0.25, -0.2) is 4.39 Å². The average Bonchev–Trinajstić information content (AvgIpc) is 2.92. The second-order valence-corrected chi connectivity index (χ2v) is 5.52. The number of nitro benzene ring substituents is 1. The number of nitro groups is 1. The summed E-state index contributed by atoms with van der Waals surface area (Å²) in [4.78, 5) is 33.2. The topological polar surface area (TPSA) is 110 Å². The Morgan fingerprint density at radius 1 is 1.38 bits per heavy atom. The molecule has 112 valence electrons. The van der Waals surface area contributed by atoms with E-state index >= 15 is 0 Å². The first kappa shape index (κ1) is 14.9. The molecule has 1 aliphatic rings. The van der Waals surface area contributed by atoms with Crippen LogP contribution >= 0.6 is 0 Å². The molecule has 0 saturated heterocycles. The van der Waals surface area contributed by atoms with E-state index in [0.717, 1.165) is 18.2 Å². The second kappa shape index (κ2) is 4.80. The van der Waals surface area contributed by atoms with E-state index in [-0.39, 0.29) is 5.69 Å². The van der Waals surface area contributed by atoms with E-state index < -0.39 is 45.6 Å². The van der Waals surface area contributed by atoms with Crippen LogP contribution in [0.3, 0.4) is 0 Å². The number of halogens is 1. The predicted molar refractivity (Wildman–Crippen MR) is 70.1 cm³/mol. The van der Waals surface area contributed by atoms with Crippen molar-refractivity contribution in [3.8, 4) is 0 Å². The zero-order valence-corrected chi connectivity index (χ0v) is 11.3. The number of nitrogens with one attached hydrogen (secondary N) is 1. The molecule has 1 aliphatic carbocycles. The highest BCUT2D eigenvalue weighted by atomic mass is 19.1. The highest BCUT2D eigenvalue weighted by Crippen LogP contribution is 2.58. The van der Waals surface area contributed by atoms with Crippen molar-refractivity contribution in [1.29, 1.82) is 0 Å². The molecule has 21 heavy (non-hydrogen) atoms. The molecular weight excluding hydrogens is 283 g/mol. The molecule has 1 fully saturated rings. The third-order valence-corrected chi connectivity index (χ3v) is 3.79. The highest BCUT2D eigenvalue weighted by molar-refractivity contribution is 6.00. The number of amides is 1. The Morgan fingerprint density at radius 3 is 2.48 bits per heavy atom. The summed E-state index contributed by atoms with van der Waals surface area (Å²) in [5, 5.41) is 22.1. The Morgan fingerprint density at radius 2 is 2.00 bits per heavy atom. The summed E-state index contributed by atoms with van der Waals surface area (Å²) < 4.78 is 13.2. The molecule has 8 heteroatoms. The van der Waals surface area contributed by atoms with Crippen molar-refractivity contribution in [3.63, 3.8) is 0 Å². The van der Waals surface area contributed by atoms with Gasteiger partial charge >= 0.3 is 5.97 Å². The molecule has 1 aromatic rings. The van der Waals surface area contributed by atoms with Gasteiger partial charge in [0.25, 0.3) is 5.69 Å². The molecule has 0 aliphatic heterocycles. The number of nitrogens with zero attached hydrogens (tertiary/aromatic N) is 1. The first-order chi connectivity index (χ1) is 9.66. The number of carboxylic acid groups (broad SMARTS) is 1. The Labute approximate surface area is 118 Å². The lowest BCUT2D eigenvalue weighted by atomic mass is 10.1. The lowest BCUT2D eigenvalue weighted by molar-refractivity contribution is -0.384. The molecule has 0 radical (unpaired) electrons. The van der Waals surface area contributed by atoms with Gasteiger partial charge in [-0.1, -0.05) is 13.8 Å². The maximum atomic E-state index is 13.2. The number of hydrogen-bond acceptors (Lipinski definition) is 4. The summed E-state index contributed by atoms with van der Waals surface area (Å²) in [5.74, 6) is -4.17. The van der Waals surface area contributed by atoms with Gasteiger partial charge < -0.3 is 10.4 Å². The summed E-state index contributed by atoms with van der Waals surface area (Å²) >= 11 is 0. The van der Waals surface area contributed by atoms with Crippen LogP contribution in [0.25, 0.3) is 0 Å². The van der Waals surface area contributed by atoms with E-state index in [9.17, 15) is 24.1 Å². The number of carboxylic acids is 1. The number of anilines is 1. The van der Waals surface area contributed by atoms with Crippen LogP contribution in [-0.2, 0) is 9.59 Å². The van der Waals surface area contributed by atoms with Crippen molar-refractivity contribution < 1.29 is 24.0 Å². The first-order valence-corrected chi connectivity index (χ1v) is 6.14. The first-order valence-electron chi connectivity index (χ1n) is 6.14. The predicted octanol–water partition coefficient (Wildman–Crippen LogP) is 2.03. The van der Waals surface area contributed by atoms with Crippen LogP contribution in [0, 0.1) is 33.2 Å². The molecule has 1 saturated carbocycles. The molecule has 1 aromatic carbocycles. The van der Waals surface area contributed by atoms with Crippen LogP contribution < -0.4 is 5.32 Å². The Balaban J connectivity index is 2.24. The molecule has 0 spiro atoms. The van der Waals surface area contributed by atoms with Gasteiger partial charge in [0.1, 0.15) is 11.5 Å². The van der Waals surface area contributed by atoms with E-state index in [1.54, 1.807) is 13.8 Å². The minimum atomic E-state index is -1.10. The summed E-state index contributed by atoms with van der Waals surface area (Å²) in [6, 6.07) is 2.69. The zero-order chi connectivity index (χ0) is 15.9. The third kappa shape index (κ3) is 2.56. The smallest absolute Gasteiger partial charge is 0.307 e. The minimum absolute atomic E-state index is 0.281. The highest BCUT2D eigenvalue weighted by Gasteiger charge is 2.66. The average molecular weight is 296 g/mol. The van der Waals surface area contributed by atoms with Gasteiger partial charge in [0.2, 0.25) is 5.91 Å². The number of hydrogen-bond donors (Lipinski definition) is 2. The summed E-state index contributed by atoms with van der Waals surface area (Å²) in [5.41, 5.74) is -1.47. The van der Waals surface area contributed by atoms with Gasteiger partial charge in [-0.3, -0.25) is 19.7 Å². The fourth-order valence-electron chi connectivity index (χ4n) is 2.57. The summed E-state index contributed by atoms with van der Waals surface area (Å²) in [6.07, 6.45) is 0. The lowest BCUT2D eigenvalue weighted by Gasteiger charge is -2.07. The van der Waals surface area contributed by atoms with Crippen molar-refractivity contribution in [2.45, 2.75) is 13.8 Å². The molecule has 0 aromatic heterocycles. The molecule has 1 amide bonds. The monoisotopic (exact) mass is 296 g/mol. The maximum Gasteiger partial charge on any atom is 0.307 e. The van der Waals surface area contributed by atoms with Crippen molar-refractivity contribution >= 4 is 23.3 Å². The molecule has 0 heterocycles. The number of carbonyl (C=O) groups is 2. The molecule has 2 unspecified atom stereocenters. The summed E-state index contributed by atoms with van der Waals surface area (Å²) in [7, 11) is 0. The minimum Gasteiger partial charge on any atom is -0.481 e. The van der Waals surface area contributed by atoms with Crippen LogP contribution in [0.15, 0.2) is 18.2 Å². The van der Waals surface area contributed by atoms with Crippen molar-refractivity contribution in [1.82, 2.24) is 0 Å². The largest absolute Gasteiger partial charge is 0.481 e. The quantitative estimate of drug-likeness (QED) is 0.652. The normalized spacial score (nSPS) is 22.4. The number of benzene rings is 1. The molecule has 2 rings (SSSR count). The maximum absolute atomic E-state index is 13.2. The SMILES string of the molecule is CC1(C)C(C(=O)O)C1C(=O)Nc1cc(F)ccc1[N+](=O)[O-]. The van der Waals surface area contributed by atoms with E-state index in [4.69, 9.17) is 5.11 Å². The fourth-order valence-corrected chi connectivity index (χ4v) is 2.57. The molecule has 0 bridgehead atoms. The van der Waals surface area contributed by atoms with Gasteiger partial charge in [-0.15, -0.1) is 0 Å². The van der Waals surface area contributed by atoms with Gasteiger partial charge in [-0.2, -0.15) is 0 Å². The van der Waals surface area contributed by atoms with Crippen LogP contribution in [0.5, 0.6) is 0 Å². The van der Waals surface area contributed by atoms with Gasteiger partial charge in [0.05, 0.1) is 16.8 Å². The standard InChI is InChI=1S/C13H13FN2O5/c1-13(2)9(10(13)12(18)19)11(17)15-7-5-6(14)3-4-8(7)16(20)21/h3-5,9-10H,1-2H3,(H,15,17)(H,18,19). The van der Waals surface area contributed by atoms with E-state index in [1.165, 1.54) is 0 Å².